The summed E-state index contributed by atoms with van der Waals surface area (Å²) in [7, 11) is 0. The molecular formula is C22H11BrF2OS. The van der Waals surface area contributed by atoms with Crippen molar-refractivity contribution >= 4 is 58.2 Å². The van der Waals surface area contributed by atoms with Gasteiger partial charge in [-0.15, -0.1) is 11.3 Å². The van der Waals surface area contributed by atoms with Crippen LogP contribution in [0.25, 0.3) is 42.1 Å². The van der Waals surface area contributed by atoms with E-state index in [-0.39, 0.29) is 5.56 Å². The van der Waals surface area contributed by atoms with Crippen molar-refractivity contribution in [3.63, 3.8) is 0 Å². The van der Waals surface area contributed by atoms with Gasteiger partial charge >= 0.3 is 0 Å². The van der Waals surface area contributed by atoms with Gasteiger partial charge in [-0.1, -0.05) is 42.5 Å². The Balaban J connectivity index is 2.10. The fourth-order valence-corrected chi connectivity index (χ4v) is 5.56. The second-order valence-electron chi connectivity index (χ2n) is 6.29. The Bertz CT molecular complexity index is 1370. The van der Waals surface area contributed by atoms with Crippen LogP contribution in [-0.4, -0.2) is 5.11 Å². The lowest BCUT2D eigenvalue weighted by atomic mass is 9.93. The third-order valence-electron chi connectivity index (χ3n) is 4.81. The first kappa shape index (κ1) is 16.7. The van der Waals surface area contributed by atoms with E-state index in [2.05, 4.69) is 15.9 Å². The van der Waals surface area contributed by atoms with Crippen molar-refractivity contribution in [2.24, 2.45) is 0 Å². The summed E-state index contributed by atoms with van der Waals surface area (Å²) in [6.07, 6.45) is 0. The molecular weight excluding hydrogens is 430 g/mol. The number of aromatic hydroxyl groups is 1. The standard InChI is InChI=1S/C22H11BrF2OS/c23-19-12-6-2-1-5-11(12)17(14-9-10-15(24)21(26)20(14)25)18-13-7-3-4-8-16(13)27-22(18)19/h1-10,26H. The molecule has 0 aliphatic heterocycles. The van der Waals surface area contributed by atoms with Gasteiger partial charge in [0.1, 0.15) is 0 Å². The minimum Gasteiger partial charge on any atom is -0.503 e. The molecule has 1 heterocycles. The van der Waals surface area contributed by atoms with Gasteiger partial charge in [-0.2, -0.15) is 0 Å². The number of halogens is 3. The van der Waals surface area contributed by atoms with Crippen LogP contribution in [0, 0.1) is 11.6 Å². The normalized spacial score (nSPS) is 11.7. The highest BCUT2D eigenvalue weighted by atomic mass is 79.9. The van der Waals surface area contributed by atoms with Gasteiger partial charge in [0, 0.05) is 31.1 Å². The number of fused-ring (bicyclic) bond motifs is 4. The third kappa shape index (κ3) is 2.32. The highest BCUT2D eigenvalue weighted by Gasteiger charge is 2.22. The molecule has 0 atom stereocenters. The molecule has 0 amide bonds. The molecule has 0 unspecified atom stereocenters. The molecule has 0 spiro atoms. The molecule has 0 saturated carbocycles. The van der Waals surface area contributed by atoms with Gasteiger partial charge in [-0.3, -0.25) is 0 Å². The lowest BCUT2D eigenvalue weighted by molar-refractivity contribution is 0.397. The van der Waals surface area contributed by atoms with E-state index in [0.717, 1.165) is 41.5 Å². The predicted octanol–water partition coefficient (Wildman–Crippen LogP) is 7.62. The smallest absolute Gasteiger partial charge is 0.188 e. The minimum atomic E-state index is -0.968. The average Bonchev–Trinajstić information content (AvgIpc) is 3.08. The summed E-state index contributed by atoms with van der Waals surface area (Å²) in [5.41, 5.74) is 0.847. The van der Waals surface area contributed by atoms with Crippen LogP contribution < -0.4 is 0 Å². The molecule has 4 aromatic carbocycles. The SMILES string of the molecule is Oc1c(F)ccc(-c2c3ccccc3c(Br)c3sc4ccccc4c23)c1F. The van der Waals surface area contributed by atoms with Gasteiger partial charge < -0.3 is 5.11 Å². The lowest BCUT2D eigenvalue weighted by Crippen LogP contribution is -1.91. The van der Waals surface area contributed by atoms with Crippen LogP contribution in [0.4, 0.5) is 8.78 Å². The first-order chi connectivity index (χ1) is 13.1. The molecule has 0 radical (unpaired) electrons. The Labute approximate surface area is 165 Å². The summed E-state index contributed by atoms with van der Waals surface area (Å²) < 4.78 is 31.6. The number of rotatable bonds is 1. The second-order valence-corrected chi connectivity index (χ2v) is 8.14. The van der Waals surface area contributed by atoms with Crippen LogP contribution in [0.5, 0.6) is 5.75 Å². The van der Waals surface area contributed by atoms with E-state index in [4.69, 9.17) is 0 Å². The van der Waals surface area contributed by atoms with Crippen LogP contribution in [-0.2, 0) is 0 Å². The topological polar surface area (TPSA) is 20.2 Å². The molecule has 0 saturated heterocycles. The number of benzene rings is 4. The Kier molecular flexibility index (Phi) is 3.71. The van der Waals surface area contributed by atoms with Crippen LogP contribution >= 0.6 is 27.3 Å². The van der Waals surface area contributed by atoms with Gasteiger partial charge in [0.15, 0.2) is 17.4 Å². The van der Waals surface area contributed by atoms with Crippen molar-refractivity contribution < 1.29 is 13.9 Å². The van der Waals surface area contributed by atoms with Crippen molar-refractivity contribution in [2.75, 3.05) is 0 Å². The van der Waals surface area contributed by atoms with Gasteiger partial charge in [0.2, 0.25) is 0 Å². The number of thiophene rings is 1. The summed E-state index contributed by atoms with van der Waals surface area (Å²) in [5.74, 6) is -2.87. The summed E-state index contributed by atoms with van der Waals surface area (Å²) in [4.78, 5) is 0. The van der Waals surface area contributed by atoms with Crippen LogP contribution in [0.3, 0.4) is 0 Å². The fourth-order valence-electron chi connectivity index (χ4n) is 3.61. The van der Waals surface area contributed by atoms with Crippen molar-refractivity contribution in [3.05, 3.63) is 76.8 Å². The van der Waals surface area contributed by atoms with E-state index in [9.17, 15) is 13.9 Å². The Hall–Kier alpha value is -2.50. The zero-order chi connectivity index (χ0) is 18.7. The first-order valence-electron chi connectivity index (χ1n) is 8.26. The van der Waals surface area contributed by atoms with Gasteiger partial charge in [-0.05, 0) is 44.9 Å². The predicted molar refractivity (Wildman–Crippen MR) is 112 cm³/mol. The zero-order valence-corrected chi connectivity index (χ0v) is 16.2. The maximum Gasteiger partial charge on any atom is 0.188 e. The molecule has 5 heteroatoms. The zero-order valence-electron chi connectivity index (χ0n) is 13.8. The van der Waals surface area contributed by atoms with Gasteiger partial charge in [-0.25, -0.2) is 8.78 Å². The maximum absolute atomic E-state index is 14.9. The van der Waals surface area contributed by atoms with E-state index in [1.165, 1.54) is 6.07 Å². The summed E-state index contributed by atoms with van der Waals surface area (Å²) >= 11 is 5.34. The summed E-state index contributed by atoms with van der Waals surface area (Å²) in [6, 6.07) is 18.1. The van der Waals surface area contributed by atoms with Gasteiger partial charge in [0.05, 0.1) is 4.70 Å². The average molecular weight is 441 g/mol. The highest BCUT2D eigenvalue weighted by molar-refractivity contribution is 9.11. The van der Waals surface area contributed by atoms with E-state index >= 15 is 0 Å². The Morgan fingerprint density at radius 1 is 0.815 bits per heavy atom. The third-order valence-corrected chi connectivity index (χ3v) is 7.09. The molecule has 132 valence electrons. The quantitative estimate of drug-likeness (QED) is 0.284. The molecule has 1 nitrogen and oxygen atoms in total. The molecule has 1 aromatic heterocycles. The van der Waals surface area contributed by atoms with Crippen molar-refractivity contribution in [2.45, 2.75) is 0 Å². The molecule has 5 rings (SSSR count). The monoisotopic (exact) mass is 440 g/mol. The van der Waals surface area contributed by atoms with Crippen LogP contribution in [0.15, 0.2) is 65.1 Å². The Morgan fingerprint density at radius 3 is 2.26 bits per heavy atom. The number of hydrogen-bond acceptors (Lipinski definition) is 2. The lowest BCUT2D eigenvalue weighted by Gasteiger charge is -2.13. The second kappa shape index (κ2) is 6.01. The number of phenolic OH excluding ortho intramolecular Hbond substituents is 1. The molecule has 1 N–H and O–H groups in total. The van der Waals surface area contributed by atoms with Gasteiger partial charge in [0.25, 0.3) is 0 Å². The van der Waals surface area contributed by atoms with E-state index in [1.807, 2.05) is 48.5 Å². The molecule has 0 fully saturated rings. The van der Waals surface area contributed by atoms with Crippen molar-refractivity contribution in [1.29, 1.82) is 0 Å². The van der Waals surface area contributed by atoms with E-state index < -0.39 is 17.4 Å². The molecule has 27 heavy (non-hydrogen) atoms. The maximum atomic E-state index is 14.9. The first-order valence-corrected chi connectivity index (χ1v) is 9.87. The molecule has 0 bridgehead atoms. The molecule has 0 aliphatic rings. The number of hydrogen-bond donors (Lipinski definition) is 1. The molecule has 0 aliphatic carbocycles. The van der Waals surface area contributed by atoms with Crippen molar-refractivity contribution in [3.8, 4) is 16.9 Å². The largest absolute Gasteiger partial charge is 0.503 e. The summed E-state index contributed by atoms with van der Waals surface area (Å²) in [5, 5.41) is 13.5. The highest BCUT2D eigenvalue weighted by Crippen LogP contribution is 2.49. The molecule has 5 aromatic rings. The van der Waals surface area contributed by atoms with E-state index in [1.54, 1.807) is 11.3 Å². The minimum absolute atomic E-state index is 0.186. The van der Waals surface area contributed by atoms with Crippen LogP contribution in [0.1, 0.15) is 0 Å². The van der Waals surface area contributed by atoms with E-state index in [0.29, 0.717) is 5.56 Å². The number of phenols is 1. The fraction of sp³-hybridized carbons (Fsp3) is 0. The van der Waals surface area contributed by atoms with Crippen molar-refractivity contribution in [1.82, 2.24) is 0 Å². The summed E-state index contributed by atoms with van der Waals surface area (Å²) in [6.45, 7) is 0. The Morgan fingerprint density at radius 2 is 1.48 bits per heavy atom. The van der Waals surface area contributed by atoms with Crippen LogP contribution in [0.2, 0.25) is 0 Å².